The minimum absolute atomic E-state index is 1.000. The molecule has 0 aromatic carbocycles. The molecule has 0 saturated heterocycles. The molecule has 2 unspecified atom stereocenters. The summed E-state index contributed by atoms with van der Waals surface area (Å²) in [5.74, 6) is 2.04. The summed E-state index contributed by atoms with van der Waals surface area (Å²) in [5, 5.41) is 0. The standard InChI is InChI=1S/C19H34/c1-2-4-6-9-13-19-15-11-7-10-14-18(16-17-19)12-8-5-3-1/h7,10,18-19H,1-6,8-9,11-17H2. The predicted octanol–water partition coefficient (Wildman–Crippen LogP) is 6.65. The maximum Gasteiger partial charge on any atom is -0.0322 e. The normalized spacial score (nSPS) is 32.0. The van der Waals surface area contributed by atoms with Gasteiger partial charge in [0.05, 0.1) is 0 Å². The van der Waals surface area contributed by atoms with Gasteiger partial charge in [0.1, 0.15) is 0 Å². The average molecular weight is 262 g/mol. The third kappa shape index (κ3) is 6.63. The van der Waals surface area contributed by atoms with Crippen LogP contribution in [-0.4, -0.2) is 0 Å². The summed E-state index contributed by atoms with van der Waals surface area (Å²) >= 11 is 0. The number of allylic oxidation sites excluding steroid dienone is 2. The summed E-state index contributed by atoms with van der Waals surface area (Å²) in [4.78, 5) is 0. The van der Waals surface area contributed by atoms with Crippen molar-refractivity contribution in [2.24, 2.45) is 11.8 Å². The second-order valence-corrected chi connectivity index (χ2v) is 7.00. The molecule has 1 saturated carbocycles. The van der Waals surface area contributed by atoms with Crippen LogP contribution in [0.25, 0.3) is 0 Å². The lowest BCUT2D eigenvalue weighted by atomic mass is 9.86. The van der Waals surface area contributed by atoms with E-state index in [0.29, 0.717) is 0 Å². The molecule has 0 nitrogen and oxygen atoms in total. The summed E-state index contributed by atoms with van der Waals surface area (Å²) < 4.78 is 0. The second-order valence-electron chi connectivity index (χ2n) is 7.00. The lowest BCUT2D eigenvalue weighted by Crippen LogP contribution is -2.06. The molecule has 0 aromatic heterocycles. The number of hydrogen-bond acceptors (Lipinski definition) is 0. The van der Waals surface area contributed by atoms with Crippen LogP contribution in [0.15, 0.2) is 12.2 Å². The van der Waals surface area contributed by atoms with Crippen LogP contribution in [0.3, 0.4) is 0 Å². The molecule has 0 amide bonds. The summed E-state index contributed by atoms with van der Waals surface area (Å²) in [6, 6.07) is 0. The van der Waals surface area contributed by atoms with E-state index in [-0.39, 0.29) is 0 Å². The van der Waals surface area contributed by atoms with Gasteiger partial charge in [0.15, 0.2) is 0 Å². The molecule has 0 spiro atoms. The Morgan fingerprint density at radius 3 is 1.79 bits per heavy atom. The molecule has 0 heterocycles. The number of rotatable bonds is 0. The molecule has 2 aliphatic rings. The van der Waals surface area contributed by atoms with Gasteiger partial charge >= 0.3 is 0 Å². The Hall–Kier alpha value is -0.260. The SMILES string of the molecule is C1=CCC2CCCCCCCCCCC(CC1)CC2. The maximum atomic E-state index is 2.49. The molecule has 0 aliphatic heterocycles. The molecular formula is C19H34. The van der Waals surface area contributed by atoms with E-state index < -0.39 is 0 Å². The fraction of sp³-hybridized carbons (Fsp3) is 0.895. The monoisotopic (exact) mass is 262 g/mol. The predicted molar refractivity (Wildman–Crippen MR) is 85.4 cm³/mol. The smallest absolute Gasteiger partial charge is 0.0322 e. The summed E-state index contributed by atoms with van der Waals surface area (Å²) in [7, 11) is 0. The highest BCUT2D eigenvalue weighted by atomic mass is 14.2. The Morgan fingerprint density at radius 2 is 1.05 bits per heavy atom. The van der Waals surface area contributed by atoms with Crippen molar-refractivity contribution in [2.75, 3.05) is 0 Å². The highest BCUT2D eigenvalue weighted by Crippen LogP contribution is 2.29. The van der Waals surface area contributed by atoms with Gasteiger partial charge in [-0.1, -0.05) is 82.8 Å². The minimum Gasteiger partial charge on any atom is -0.0885 e. The highest BCUT2D eigenvalue weighted by molar-refractivity contribution is 4.87. The van der Waals surface area contributed by atoms with E-state index in [1.54, 1.807) is 0 Å². The first kappa shape index (κ1) is 15.1. The molecule has 110 valence electrons. The molecule has 2 atom stereocenters. The highest BCUT2D eigenvalue weighted by Gasteiger charge is 2.14. The minimum atomic E-state index is 1.000. The van der Waals surface area contributed by atoms with Crippen molar-refractivity contribution in [1.29, 1.82) is 0 Å². The Morgan fingerprint density at radius 1 is 0.474 bits per heavy atom. The first-order valence-electron chi connectivity index (χ1n) is 9.10. The lowest BCUT2D eigenvalue weighted by molar-refractivity contribution is 0.335. The molecule has 0 aromatic rings. The zero-order valence-corrected chi connectivity index (χ0v) is 12.9. The van der Waals surface area contributed by atoms with Crippen molar-refractivity contribution >= 4 is 0 Å². The van der Waals surface area contributed by atoms with Crippen molar-refractivity contribution in [1.82, 2.24) is 0 Å². The van der Waals surface area contributed by atoms with E-state index in [1.165, 1.54) is 96.3 Å². The van der Waals surface area contributed by atoms with Gasteiger partial charge in [-0.3, -0.25) is 0 Å². The third-order valence-electron chi connectivity index (χ3n) is 5.34. The topological polar surface area (TPSA) is 0 Å². The van der Waals surface area contributed by atoms with Crippen LogP contribution in [0, 0.1) is 11.8 Å². The van der Waals surface area contributed by atoms with Gasteiger partial charge in [0, 0.05) is 0 Å². The molecular weight excluding hydrogens is 228 g/mol. The van der Waals surface area contributed by atoms with E-state index in [4.69, 9.17) is 0 Å². The van der Waals surface area contributed by atoms with Crippen LogP contribution in [0.1, 0.15) is 96.3 Å². The zero-order chi connectivity index (χ0) is 13.2. The first-order chi connectivity index (χ1) is 9.45. The molecule has 2 rings (SSSR count). The summed E-state index contributed by atoms with van der Waals surface area (Å²) in [5.41, 5.74) is 0. The van der Waals surface area contributed by atoms with Crippen LogP contribution in [0.5, 0.6) is 0 Å². The molecule has 2 bridgehead atoms. The van der Waals surface area contributed by atoms with E-state index in [9.17, 15) is 0 Å². The number of hydrogen-bond donors (Lipinski definition) is 0. The van der Waals surface area contributed by atoms with Gasteiger partial charge in [0.25, 0.3) is 0 Å². The Balaban J connectivity index is 1.85. The summed E-state index contributed by atoms with van der Waals surface area (Å²) in [6.07, 6.45) is 27.1. The molecule has 0 radical (unpaired) electrons. The summed E-state index contributed by atoms with van der Waals surface area (Å²) in [6.45, 7) is 0. The van der Waals surface area contributed by atoms with Crippen LogP contribution < -0.4 is 0 Å². The maximum absolute atomic E-state index is 2.49. The fourth-order valence-corrected chi connectivity index (χ4v) is 3.95. The Bertz CT molecular complexity index is 240. The van der Waals surface area contributed by atoms with Crippen molar-refractivity contribution in [3.63, 3.8) is 0 Å². The first-order valence-corrected chi connectivity index (χ1v) is 9.10. The van der Waals surface area contributed by atoms with Gasteiger partial charge in [0.2, 0.25) is 0 Å². The van der Waals surface area contributed by atoms with Gasteiger partial charge in [-0.15, -0.1) is 0 Å². The molecule has 0 heteroatoms. The second kappa shape index (κ2) is 9.61. The Labute approximate surface area is 121 Å². The lowest BCUT2D eigenvalue weighted by Gasteiger charge is -2.20. The van der Waals surface area contributed by atoms with Crippen molar-refractivity contribution in [2.45, 2.75) is 96.3 Å². The van der Waals surface area contributed by atoms with Gasteiger partial charge in [-0.25, -0.2) is 0 Å². The van der Waals surface area contributed by atoms with E-state index >= 15 is 0 Å². The van der Waals surface area contributed by atoms with Crippen LogP contribution >= 0.6 is 0 Å². The van der Waals surface area contributed by atoms with Gasteiger partial charge in [-0.2, -0.15) is 0 Å². The van der Waals surface area contributed by atoms with Crippen molar-refractivity contribution < 1.29 is 0 Å². The quantitative estimate of drug-likeness (QED) is 0.428. The zero-order valence-electron chi connectivity index (χ0n) is 12.9. The number of fused-ring (bicyclic) bond motifs is 3. The largest absolute Gasteiger partial charge is 0.0885 e. The molecule has 0 N–H and O–H groups in total. The van der Waals surface area contributed by atoms with Crippen molar-refractivity contribution in [3.8, 4) is 0 Å². The molecule has 1 fully saturated rings. The third-order valence-corrected chi connectivity index (χ3v) is 5.34. The van der Waals surface area contributed by atoms with E-state index in [0.717, 1.165) is 11.8 Å². The van der Waals surface area contributed by atoms with Crippen LogP contribution in [0.2, 0.25) is 0 Å². The fourth-order valence-electron chi connectivity index (χ4n) is 3.95. The van der Waals surface area contributed by atoms with Gasteiger partial charge in [-0.05, 0) is 37.5 Å². The van der Waals surface area contributed by atoms with Crippen molar-refractivity contribution in [3.05, 3.63) is 12.2 Å². The average Bonchev–Trinajstić information content (AvgIpc) is 2.53. The van der Waals surface area contributed by atoms with E-state index in [2.05, 4.69) is 12.2 Å². The molecule has 19 heavy (non-hydrogen) atoms. The Kier molecular flexibility index (Phi) is 7.66. The van der Waals surface area contributed by atoms with Gasteiger partial charge < -0.3 is 0 Å². The molecule has 2 aliphatic carbocycles. The van der Waals surface area contributed by atoms with Crippen LogP contribution in [0.4, 0.5) is 0 Å². The van der Waals surface area contributed by atoms with E-state index in [1.807, 2.05) is 0 Å². The van der Waals surface area contributed by atoms with Crippen LogP contribution in [-0.2, 0) is 0 Å².